The topological polar surface area (TPSA) is 94.9 Å². The molecule has 0 unspecified atom stereocenters. The second-order valence-corrected chi connectivity index (χ2v) is 4.84. The molecule has 0 aliphatic rings. The number of aromatic carboxylic acids is 1. The molecule has 0 bridgehead atoms. The van der Waals surface area contributed by atoms with Crippen LogP contribution in [0.25, 0.3) is 0 Å². The van der Waals surface area contributed by atoms with Crippen molar-refractivity contribution in [2.75, 3.05) is 17.3 Å². The average Bonchev–Trinajstić information content (AvgIpc) is 2.25. The monoisotopic (exact) mass is 259 g/mol. The fraction of sp³-hybridized carbons (Fsp3) is 0.300. The van der Waals surface area contributed by atoms with Crippen LogP contribution in [0.2, 0.25) is 0 Å². The molecule has 0 spiro atoms. The van der Waals surface area contributed by atoms with E-state index >= 15 is 0 Å². The van der Waals surface area contributed by atoms with Gasteiger partial charge < -0.3 is 10.0 Å². The molecule has 17 heavy (non-hydrogen) atoms. The van der Waals surface area contributed by atoms with Crippen LogP contribution in [0.1, 0.15) is 17.3 Å². The molecule has 1 aromatic rings. The highest BCUT2D eigenvalue weighted by Gasteiger charge is 2.14. The lowest BCUT2D eigenvalue weighted by atomic mass is 10.2. The molecule has 0 saturated heterocycles. The summed E-state index contributed by atoms with van der Waals surface area (Å²) in [5, 5.41) is 8.81. The van der Waals surface area contributed by atoms with Crippen LogP contribution in [0.3, 0.4) is 0 Å². The number of hydrogen-bond donors (Lipinski definition) is 2. The van der Waals surface area contributed by atoms with Crippen molar-refractivity contribution in [3.05, 3.63) is 29.8 Å². The Morgan fingerprint density at radius 3 is 2.53 bits per heavy atom. The molecule has 2 N–H and O–H groups in total. The Morgan fingerprint density at radius 2 is 2.06 bits per heavy atom. The van der Waals surface area contributed by atoms with E-state index in [1.54, 1.807) is 13.0 Å². The van der Waals surface area contributed by atoms with Gasteiger partial charge in [-0.05, 0) is 25.1 Å². The molecule has 1 aromatic carbocycles. The summed E-state index contributed by atoms with van der Waals surface area (Å²) in [6.45, 7) is 2.04. The van der Waals surface area contributed by atoms with Gasteiger partial charge in [0.2, 0.25) is 0 Å². The van der Waals surface area contributed by atoms with Crippen molar-refractivity contribution < 1.29 is 22.9 Å². The van der Waals surface area contributed by atoms with Gasteiger partial charge in [0.15, 0.2) is 0 Å². The van der Waals surface area contributed by atoms with Gasteiger partial charge in [0, 0.05) is 12.2 Å². The van der Waals surface area contributed by atoms with E-state index < -0.39 is 22.0 Å². The number of carboxylic acids is 1. The molecule has 1 rings (SSSR count). The Kier molecular flexibility index (Phi) is 4.08. The summed E-state index contributed by atoms with van der Waals surface area (Å²) >= 11 is 0. The van der Waals surface area contributed by atoms with Crippen LogP contribution in [0.4, 0.5) is 5.69 Å². The first-order chi connectivity index (χ1) is 7.83. The quantitative estimate of drug-likeness (QED) is 0.768. The molecule has 0 aromatic heterocycles. The van der Waals surface area contributed by atoms with Gasteiger partial charge in [0.25, 0.3) is 10.1 Å². The molecular weight excluding hydrogens is 246 g/mol. The molecule has 6 nitrogen and oxygen atoms in total. The summed E-state index contributed by atoms with van der Waals surface area (Å²) in [4.78, 5) is 12.1. The van der Waals surface area contributed by atoms with Gasteiger partial charge in [0.1, 0.15) is 5.88 Å². The Labute approximate surface area is 99.2 Å². The minimum atomic E-state index is -4.14. The lowest BCUT2D eigenvalue weighted by Gasteiger charge is -2.21. The highest BCUT2D eigenvalue weighted by atomic mass is 32.2. The van der Waals surface area contributed by atoms with Crippen molar-refractivity contribution in [3.63, 3.8) is 0 Å². The van der Waals surface area contributed by atoms with Crippen molar-refractivity contribution >= 4 is 21.8 Å². The van der Waals surface area contributed by atoms with E-state index in [9.17, 15) is 13.2 Å². The summed E-state index contributed by atoms with van der Waals surface area (Å²) in [6, 6.07) is 5.87. The largest absolute Gasteiger partial charge is 0.478 e. The number of carbonyl (C=O) groups is 1. The maximum absolute atomic E-state index is 10.8. The fourth-order valence-corrected chi connectivity index (χ4v) is 2.11. The molecule has 0 amide bonds. The van der Waals surface area contributed by atoms with E-state index in [4.69, 9.17) is 9.66 Å². The third kappa shape index (κ3) is 4.04. The van der Waals surface area contributed by atoms with Crippen LogP contribution >= 0.6 is 0 Å². The second-order valence-electron chi connectivity index (χ2n) is 3.42. The van der Waals surface area contributed by atoms with Gasteiger partial charge in [-0.3, -0.25) is 4.55 Å². The molecule has 0 saturated carbocycles. The minimum Gasteiger partial charge on any atom is -0.478 e. The molecule has 0 fully saturated rings. The van der Waals surface area contributed by atoms with E-state index in [2.05, 4.69) is 0 Å². The SMILES string of the molecule is CCN(CS(=O)(=O)O)c1cccc(C(=O)O)c1. The molecule has 0 aliphatic carbocycles. The number of hydrogen-bond acceptors (Lipinski definition) is 4. The summed E-state index contributed by atoms with van der Waals surface area (Å²) in [5.74, 6) is -1.65. The van der Waals surface area contributed by atoms with Gasteiger partial charge in [-0.2, -0.15) is 8.42 Å². The van der Waals surface area contributed by atoms with Crippen LogP contribution in [-0.2, 0) is 10.1 Å². The van der Waals surface area contributed by atoms with E-state index in [1.807, 2.05) is 0 Å². The predicted molar refractivity (Wildman–Crippen MR) is 62.8 cm³/mol. The third-order valence-corrected chi connectivity index (χ3v) is 2.80. The van der Waals surface area contributed by atoms with E-state index in [0.717, 1.165) is 0 Å². The van der Waals surface area contributed by atoms with Crippen molar-refractivity contribution in [2.24, 2.45) is 0 Å². The zero-order valence-electron chi connectivity index (χ0n) is 9.20. The molecule has 0 radical (unpaired) electrons. The highest BCUT2D eigenvalue weighted by molar-refractivity contribution is 7.85. The Bertz CT molecular complexity index is 511. The normalized spacial score (nSPS) is 11.2. The molecule has 94 valence electrons. The number of carboxylic acid groups (broad SMARTS) is 1. The number of rotatable bonds is 5. The average molecular weight is 259 g/mol. The Morgan fingerprint density at radius 1 is 1.41 bits per heavy atom. The first-order valence-corrected chi connectivity index (χ1v) is 6.48. The lowest BCUT2D eigenvalue weighted by molar-refractivity contribution is 0.0697. The highest BCUT2D eigenvalue weighted by Crippen LogP contribution is 2.16. The zero-order chi connectivity index (χ0) is 13.1. The van der Waals surface area contributed by atoms with Crippen LogP contribution in [-0.4, -0.2) is 36.5 Å². The van der Waals surface area contributed by atoms with Gasteiger partial charge in [0.05, 0.1) is 5.56 Å². The van der Waals surface area contributed by atoms with Gasteiger partial charge in [-0.15, -0.1) is 0 Å². The Hall–Kier alpha value is -1.60. The van der Waals surface area contributed by atoms with E-state index in [1.165, 1.54) is 23.1 Å². The Balaban J connectivity index is 3.04. The zero-order valence-corrected chi connectivity index (χ0v) is 10.0. The van der Waals surface area contributed by atoms with Gasteiger partial charge in [-0.25, -0.2) is 4.79 Å². The smallest absolute Gasteiger partial charge is 0.335 e. The molecule has 0 heterocycles. The van der Waals surface area contributed by atoms with Crippen molar-refractivity contribution in [3.8, 4) is 0 Å². The van der Waals surface area contributed by atoms with Crippen molar-refractivity contribution in [2.45, 2.75) is 6.92 Å². The van der Waals surface area contributed by atoms with Crippen LogP contribution < -0.4 is 4.90 Å². The molecule has 0 atom stereocenters. The lowest BCUT2D eigenvalue weighted by Crippen LogP contribution is -2.29. The summed E-state index contributed by atoms with van der Waals surface area (Å²) < 4.78 is 30.4. The standard InChI is InChI=1S/C10H13NO5S/c1-2-11(7-17(14,15)16)9-5-3-4-8(6-9)10(12)13/h3-6H,2,7H2,1H3,(H,12,13)(H,14,15,16). The van der Waals surface area contributed by atoms with Gasteiger partial charge >= 0.3 is 5.97 Å². The van der Waals surface area contributed by atoms with Gasteiger partial charge in [-0.1, -0.05) is 6.07 Å². The van der Waals surface area contributed by atoms with E-state index in [-0.39, 0.29) is 5.56 Å². The molecule has 0 aliphatic heterocycles. The maximum atomic E-state index is 10.8. The predicted octanol–water partition coefficient (Wildman–Crippen LogP) is 1.06. The summed E-state index contributed by atoms with van der Waals surface area (Å²) in [5.41, 5.74) is 0.501. The number of benzene rings is 1. The maximum Gasteiger partial charge on any atom is 0.335 e. The van der Waals surface area contributed by atoms with Crippen LogP contribution in [0.5, 0.6) is 0 Å². The first-order valence-electron chi connectivity index (χ1n) is 4.87. The molecular formula is C10H13NO5S. The van der Waals surface area contributed by atoms with E-state index in [0.29, 0.717) is 12.2 Å². The molecule has 7 heteroatoms. The van der Waals surface area contributed by atoms with Crippen LogP contribution in [0.15, 0.2) is 24.3 Å². The fourth-order valence-electron chi connectivity index (χ4n) is 1.38. The second kappa shape index (κ2) is 5.15. The van der Waals surface area contributed by atoms with Crippen LogP contribution in [0, 0.1) is 0 Å². The summed E-state index contributed by atoms with van der Waals surface area (Å²) in [7, 11) is -4.14. The van der Waals surface area contributed by atoms with Crippen molar-refractivity contribution in [1.29, 1.82) is 0 Å². The minimum absolute atomic E-state index is 0.0660. The van der Waals surface area contributed by atoms with Crippen molar-refractivity contribution in [1.82, 2.24) is 0 Å². The summed E-state index contributed by atoms with van der Waals surface area (Å²) in [6.07, 6.45) is 0. The number of anilines is 1. The number of nitrogens with zero attached hydrogens (tertiary/aromatic N) is 1. The first kappa shape index (κ1) is 13.5. The third-order valence-electron chi connectivity index (χ3n) is 2.16.